The second-order valence-corrected chi connectivity index (χ2v) is 6.54. The van der Waals surface area contributed by atoms with Crippen LogP contribution in [0.15, 0.2) is 18.2 Å². The predicted molar refractivity (Wildman–Crippen MR) is 82.3 cm³/mol. The lowest BCUT2D eigenvalue weighted by Crippen LogP contribution is -2.15. The van der Waals surface area contributed by atoms with Crippen molar-refractivity contribution >= 4 is 23.5 Å². The second kappa shape index (κ2) is 5.80. The Morgan fingerprint density at radius 2 is 2.08 bits per heavy atom. The predicted octanol–water partition coefficient (Wildman–Crippen LogP) is 3.66. The zero-order valence-corrected chi connectivity index (χ0v) is 13.6. The molecule has 128 valence electrons. The summed E-state index contributed by atoms with van der Waals surface area (Å²) in [5.41, 5.74) is 0.0189. The highest BCUT2D eigenvalue weighted by molar-refractivity contribution is 8.00. The maximum absolute atomic E-state index is 14.3. The van der Waals surface area contributed by atoms with E-state index in [1.807, 2.05) is 0 Å². The number of carbonyl (C=O) groups is 1. The summed E-state index contributed by atoms with van der Waals surface area (Å²) in [6.07, 6.45) is -4.57. The lowest BCUT2D eigenvalue weighted by Gasteiger charge is -2.18. The molecule has 1 unspecified atom stereocenters. The highest BCUT2D eigenvalue weighted by atomic mass is 32.2. The van der Waals surface area contributed by atoms with E-state index in [9.17, 15) is 22.4 Å². The number of hydrogen-bond acceptors (Lipinski definition) is 3. The molecule has 0 radical (unpaired) electrons. The molecule has 1 aliphatic rings. The number of nitrogens with one attached hydrogen (secondary N) is 1. The van der Waals surface area contributed by atoms with Crippen LogP contribution in [0.5, 0.6) is 0 Å². The summed E-state index contributed by atoms with van der Waals surface area (Å²) in [4.78, 5) is 11.8. The zero-order chi connectivity index (χ0) is 17.6. The Labute approximate surface area is 139 Å². The average molecular weight is 359 g/mol. The number of aryl methyl sites for hydroxylation is 2. The minimum Gasteiger partial charge on any atom is -0.310 e. The normalized spacial score (nSPS) is 18.1. The molecule has 9 heteroatoms. The molecule has 1 amide bonds. The van der Waals surface area contributed by atoms with Crippen molar-refractivity contribution in [2.24, 2.45) is 7.05 Å². The molecule has 1 atom stereocenters. The van der Waals surface area contributed by atoms with E-state index in [0.29, 0.717) is 23.1 Å². The van der Waals surface area contributed by atoms with Gasteiger partial charge in [0.15, 0.2) is 0 Å². The molecule has 1 aromatic heterocycles. The molecule has 3 rings (SSSR count). The number of fused-ring (bicyclic) bond motifs is 1. The van der Waals surface area contributed by atoms with Crippen molar-refractivity contribution in [3.05, 3.63) is 46.4 Å². The van der Waals surface area contributed by atoms with Gasteiger partial charge in [-0.15, -0.1) is 11.8 Å². The van der Waals surface area contributed by atoms with E-state index >= 15 is 0 Å². The van der Waals surface area contributed by atoms with Crippen LogP contribution in [0.25, 0.3) is 0 Å². The Kier molecular flexibility index (Phi) is 4.06. The van der Waals surface area contributed by atoms with Gasteiger partial charge in [0, 0.05) is 18.2 Å². The highest BCUT2D eigenvalue weighted by Crippen LogP contribution is 2.45. The van der Waals surface area contributed by atoms with Crippen molar-refractivity contribution in [2.75, 3.05) is 11.1 Å². The van der Waals surface area contributed by atoms with E-state index in [1.165, 1.54) is 4.68 Å². The molecule has 2 aromatic rings. The Balaban J connectivity index is 2.18. The number of nitrogens with zero attached hydrogens (tertiary/aromatic N) is 2. The topological polar surface area (TPSA) is 46.9 Å². The summed E-state index contributed by atoms with van der Waals surface area (Å²) in [5, 5.41) is 6.11. The summed E-state index contributed by atoms with van der Waals surface area (Å²) in [6.45, 7) is 1.68. The molecule has 1 aliphatic heterocycles. The Morgan fingerprint density at radius 3 is 2.75 bits per heavy atom. The molecule has 0 spiro atoms. The number of thioether (sulfide) groups is 1. The van der Waals surface area contributed by atoms with E-state index < -0.39 is 22.8 Å². The van der Waals surface area contributed by atoms with E-state index in [1.54, 1.807) is 14.0 Å². The highest BCUT2D eigenvalue weighted by Gasteiger charge is 2.35. The minimum absolute atomic E-state index is 0.00840. The minimum atomic E-state index is -4.57. The van der Waals surface area contributed by atoms with Gasteiger partial charge in [-0.25, -0.2) is 4.39 Å². The van der Waals surface area contributed by atoms with Gasteiger partial charge in [0.25, 0.3) is 0 Å². The van der Waals surface area contributed by atoms with Crippen LogP contribution in [0.2, 0.25) is 0 Å². The number of rotatable bonds is 1. The van der Waals surface area contributed by atoms with Gasteiger partial charge in [-0.1, -0.05) is 0 Å². The fraction of sp³-hybridized carbons (Fsp3) is 0.333. The quantitative estimate of drug-likeness (QED) is 0.791. The maximum atomic E-state index is 14.3. The van der Waals surface area contributed by atoms with Crippen LogP contribution in [0.1, 0.15) is 27.6 Å². The number of alkyl halides is 3. The Morgan fingerprint density at radius 1 is 1.38 bits per heavy atom. The second-order valence-electron chi connectivity index (χ2n) is 5.44. The van der Waals surface area contributed by atoms with Crippen LogP contribution in [0, 0.1) is 12.7 Å². The SMILES string of the molecule is Cc1nn(C)c2c1C(c1cc(C(F)(F)F)ccc1F)SCC(=O)N2. The summed E-state index contributed by atoms with van der Waals surface area (Å²) in [6, 6.07) is 2.32. The zero-order valence-electron chi connectivity index (χ0n) is 12.7. The molecule has 1 N–H and O–H groups in total. The summed E-state index contributed by atoms with van der Waals surface area (Å²) < 4.78 is 54.7. The molecular weight excluding hydrogens is 346 g/mol. The lowest BCUT2D eigenvalue weighted by atomic mass is 10.0. The molecule has 1 aromatic carbocycles. The average Bonchev–Trinajstić information content (AvgIpc) is 2.66. The van der Waals surface area contributed by atoms with Gasteiger partial charge < -0.3 is 5.32 Å². The van der Waals surface area contributed by atoms with Gasteiger partial charge in [-0.3, -0.25) is 9.48 Å². The number of aromatic nitrogens is 2. The first kappa shape index (κ1) is 16.8. The molecule has 0 bridgehead atoms. The van der Waals surface area contributed by atoms with Crippen LogP contribution < -0.4 is 5.32 Å². The van der Waals surface area contributed by atoms with Crippen molar-refractivity contribution in [2.45, 2.75) is 18.3 Å². The number of amides is 1. The maximum Gasteiger partial charge on any atom is 0.416 e. The number of halogens is 4. The molecule has 2 heterocycles. The first-order valence-corrected chi connectivity index (χ1v) is 8.05. The lowest BCUT2D eigenvalue weighted by molar-refractivity contribution is -0.137. The molecule has 24 heavy (non-hydrogen) atoms. The van der Waals surface area contributed by atoms with Gasteiger partial charge in [-0.2, -0.15) is 18.3 Å². The number of carbonyl (C=O) groups excluding carboxylic acids is 1. The summed E-state index contributed by atoms with van der Waals surface area (Å²) >= 11 is 1.08. The summed E-state index contributed by atoms with van der Waals surface area (Å²) in [7, 11) is 1.61. The molecular formula is C15H13F4N3OS. The largest absolute Gasteiger partial charge is 0.416 e. The van der Waals surface area contributed by atoms with Crippen molar-refractivity contribution in [3.8, 4) is 0 Å². The number of hydrogen-bond donors (Lipinski definition) is 1. The molecule has 0 fully saturated rings. The van der Waals surface area contributed by atoms with Crippen LogP contribution in [-0.4, -0.2) is 21.4 Å². The van der Waals surface area contributed by atoms with E-state index in [2.05, 4.69) is 10.4 Å². The van der Waals surface area contributed by atoms with E-state index in [4.69, 9.17) is 0 Å². The van der Waals surface area contributed by atoms with Gasteiger partial charge in [0.1, 0.15) is 11.6 Å². The van der Waals surface area contributed by atoms with E-state index in [-0.39, 0.29) is 17.2 Å². The molecule has 4 nitrogen and oxygen atoms in total. The van der Waals surface area contributed by atoms with Gasteiger partial charge in [-0.05, 0) is 25.1 Å². The summed E-state index contributed by atoms with van der Waals surface area (Å²) in [5.74, 6) is -0.665. The van der Waals surface area contributed by atoms with Crippen LogP contribution in [0.4, 0.5) is 23.4 Å². The first-order valence-electron chi connectivity index (χ1n) is 7.00. The Hall–Kier alpha value is -2.03. The third-order valence-corrected chi connectivity index (χ3v) is 5.03. The van der Waals surface area contributed by atoms with Crippen molar-refractivity contribution in [3.63, 3.8) is 0 Å². The number of benzene rings is 1. The first-order chi connectivity index (χ1) is 11.2. The van der Waals surface area contributed by atoms with Crippen LogP contribution in [-0.2, 0) is 18.0 Å². The van der Waals surface area contributed by atoms with Crippen LogP contribution >= 0.6 is 11.8 Å². The molecule has 0 aliphatic carbocycles. The molecule has 0 saturated carbocycles. The Bertz CT molecular complexity index is 816. The van der Waals surface area contributed by atoms with E-state index in [0.717, 1.165) is 23.9 Å². The smallest absolute Gasteiger partial charge is 0.310 e. The fourth-order valence-electron chi connectivity index (χ4n) is 2.71. The van der Waals surface area contributed by atoms with Crippen molar-refractivity contribution in [1.82, 2.24) is 9.78 Å². The van der Waals surface area contributed by atoms with Crippen molar-refractivity contribution < 1.29 is 22.4 Å². The van der Waals surface area contributed by atoms with Crippen molar-refractivity contribution in [1.29, 1.82) is 0 Å². The van der Waals surface area contributed by atoms with Gasteiger partial charge in [0.2, 0.25) is 5.91 Å². The number of anilines is 1. The monoisotopic (exact) mass is 359 g/mol. The third-order valence-electron chi connectivity index (χ3n) is 3.78. The third kappa shape index (κ3) is 2.88. The van der Waals surface area contributed by atoms with Gasteiger partial charge in [0.05, 0.1) is 22.3 Å². The molecule has 0 saturated heterocycles. The van der Waals surface area contributed by atoms with Crippen LogP contribution in [0.3, 0.4) is 0 Å². The standard InChI is InChI=1S/C15H13F4N3OS/c1-7-12-13(24-6-11(23)20-14(12)22(2)21-7)9-5-8(15(17,18)19)3-4-10(9)16/h3-5,13H,6H2,1-2H3,(H,20,23). The fourth-order valence-corrected chi connectivity index (χ4v) is 3.91. The van der Waals surface area contributed by atoms with Gasteiger partial charge >= 0.3 is 6.18 Å².